The van der Waals surface area contributed by atoms with Gasteiger partial charge >= 0.3 is 5.97 Å². The molecule has 0 radical (unpaired) electrons. The van der Waals surface area contributed by atoms with Crippen molar-refractivity contribution in [3.63, 3.8) is 0 Å². The normalized spacial score (nSPS) is 10.1. The molecule has 0 unspecified atom stereocenters. The van der Waals surface area contributed by atoms with Crippen LogP contribution in [-0.2, 0) is 4.79 Å². The summed E-state index contributed by atoms with van der Waals surface area (Å²) in [5, 5.41) is 12.2. The van der Waals surface area contributed by atoms with E-state index in [0.717, 1.165) is 0 Å². The van der Waals surface area contributed by atoms with E-state index >= 15 is 0 Å². The number of rotatable bonds is 5. The molecule has 0 atom stereocenters. The fourth-order valence-corrected chi connectivity index (χ4v) is 2.21. The van der Waals surface area contributed by atoms with Crippen LogP contribution in [0.15, 0.2) is 41.7 Å². The van der Waals surface area contributed by atoms with E-state index in [1.54, 1.807) is 18.2 Å². The van der Waals surface area contributed by atoms with Crippen LogP contribution in [0.25, 0.3) is 0 Å². The zero-order chi connectivity index (χ0) is 15.2. The van der Waals surface area contributed by atoms with E-state index in [4.69, 9.17) is 16.7 Å². The molecule has 0 bridgehead atoms. The van der Waals surface area contributed by atoms with Crippen molar-refractivity contribution in [1.82, 2.24) is 9.97 Å². The molecule has 2 heterocycles. The van der Waals surface area contributed by atoms with Crippen LogP contribution in [-0.4, -0.2) is 32.7 Å². The second-order valence-corrected chi connectivity index (χ2v) is 5.22. The largest absolute Gasteiger partial charge is 0.478 e. The summed E-state index contributed by atoms with van der Waals surface area (Å²) in [6.45, 7) is 0. The predicted octanol–water partition coefficient (Wildman–Crippen LogP) is 2.56. The number of halogens is 1. The van der Waals surface area contributed by atoms with Crippen molar-refractivity contribution in [2.75, 3.05) is 11.1 Å². The number of thioether (sulfide) groups is 1. The van der Waals surface area contributed by atoms with E-state index in [9.17, 15) is 9.59 Å². The molecule has 21 heavy (non-hydrogen) atoms. The van der Waals surface area contributed by atoms with Crippen molar-refractivity contribution in [2.24, 2.45) is 0 Å². The lowest BCUT2D eigenvalue weighted by atomic mass is 10.3. The third-order valence-electron chi connectivity index (χ3n) is 2.37. The summed E-state index contributed by atoms with van der Waals surface area (Å²) in [5.41, 5.74) is 0.546. The number of aromatic carboxylic acids is 1. The molecule has 0 aliphatic rings. The van der Waals surface area contributed by atoms with Crippen molar-refractivity contribution in [3.8, 4) is 0 Å². The van der Waals surface area contributed by atoms with Crippen molar-refractivity contribution in [1.29, 1.82) is 0 Å². The SMILES string of the molecule is O=C(CSc1ccc(C(=O)O)cn1)Nc1cccnc1Cl. The van der Waals surface area contributed by atoms with E-state index in [2.05, 4.69) is 15.3 Å². The van der Waals surface area contributed by atoms with Crippen LogP contribution in [0.4, 0.5) is 5.69 Å². The van der Waals surface area contributed by atoms with Gasteiger partial charge in [0.1, 0.15) is 0 Å². The van der Waals surface area contributed by atoms with Crippen molar-refractivity contribution >= 4 is 40.9 Å². The number of hydrogen-bond acceptors (Lipinski definition) is 5. The van der Waals surface area contributed by atoms with Crippen LogP contribution in [0.3, 0.4) is 0 Å². The predicted molar refractivity (Wildman–Crippen MR) is 79.8 cm³/mol. The fourth-order valence-electron chi connectivity index (χ4n) is 1.40. The summed E-state index contributed by atoms with van der Waals surface area (Å²) in [6.07, 6.45) is 2.78. The second-order valence-electron chi connectivity index (χ2n) is 3.87. The van der Waals surface area contributed by atoms with Gasteiger partial charge in [0.2, 0.25) is 5.91 Å². The van der Waals surface area contributed by atoms with Crippen molar-refractivity contribution in [2.45, 2.75) is 5.03 Å². The summed E-state index contributed by atoms with van der Waals surface area (Å²) < 4.78 is 0. The number of carboxylic acid groups (broad SMARTS) is 1. The first-order valence-corrected chi connectivity index (χ1v) is 7.15. The average molecular weight is 324 g/mol. The van der Waals surface area contributed by atoms with Gasteiger partial charge in [-0.25, -0.2) is 14.8 Å². The average Bonchev–Trinajstić information content (AvgIpc) is 2.48. The van der Waals surface area contributed by atoms with Crippen molar-refractivity contribution in [3.05, 3.63) is 47.4 Å². The lowest BCUT2D eigenvalue weighted by Gasteiger charge is -2.05. The van der Waals surface area contributed by atoms with Crippen LogP contribution < -0.4 is 5.32 Å². The molecule has 0 aliphatic heterocycles. The molecule has 6 nitrogen and oxygen atoms in total. The summed E-state index contributed by atoms with van der Waals surface area (Å²) in [7, 11) is 0. The Bertz CT molecular complexity index is 664. The molecule has 8 heteroatoms. The van der Waals surface area contributed by atoms with E-state index in [1.165, 1.54) is 30.2 Å². The highest BCUT2D eigenvalue weighted by atomic mass is 35.5. The Morgan fingerprint density at radius 2 is 2.10 bits per heavy atom. The highest BCUT2D eigenvalue weighted by Gasteiger charge is 2.08. The summed E-state index contributed by atoms with van der Waals surface area (Å²) in [4.78, 5) is 30.3. The quantitative estimate of drug-likeness (QED) is 0.649. The molecule has 0 aliphatic carbocycles. The van der Waals surface area contributed by atoms with Gasteiger partial charge in [0.05, 0.1) is 22.0 Å². The van der Waals surface area contributed by atoms with E-state index < -0.39 is 5.97 Å². The van der Waals surface area contributed by atoms with Gasteiger partial charge in [0.25, 0.3) is 0 Å². The third-order valence-corrected chi connectivity index (χ3v) is 3.61. The van der Waals surface area contributed by atoms with Gasteiger partial charge < -0.3 is 10.4 Å². The van der Waals surface area contributed by atoms with Gasteiger partial charge in [-0.15, -0.1) is 0 Å². The maximum atomic E-state index is 11.8. The Balaban J connectivity index is 1.89. The Morgan fingerprint density at radius 1 is 1.29 bits per heavy atom. The monoisotopic (exact) mass is 323 g/mol. The summed E-state index contributed by atoms with van der Waals surface area (Å²) in [6, 6.07) is 6.31. The Morgan fingerprint density at radius 3 is 2.71 bits per heavy atom. The first-order valence-electron chi connectivity index (χ1n) is 5.79. The summed E-state index contributed by atoms with van der Waals surface area (Å²) in [5.74, 6) is -1.16. The highest BCUT2D eigenvalue weighted by molar-refractivity contribution is 7.99. The number of hydrogen-bond donors (Lipinski definition) is 2. The van der Waals surface area contributed by atoms with Gasteiger partial charge in [-0.05, 0) is 24.3 Å². The Labute approximate surface area is 129 Å². The zero-order valence-corrected chi connectivity index (χ0v) is 12.2. The lowest BCUT2D eigenvalue weighted by molar-refractivity contribution is -0.113. The molecule has 2 N–H and O–H groups in total. The number of carbonyl (C=O) groups is 2. The molecule has 2 aromatic rings. The third kappa shape index (κ3) is 4.44. The standard InChI is InChI=1S/C13H10ClN3O3S/c14-12-9(2-1-5-15-12)17-10(18)7-21-11-4-3-8(6-16-11)13(19)20/h1-6H,7H2,(H,17,18)(H,19,20). The number of nitrogens with one attached hydrogen (secondary N) is 1. The highest BCUT2D eigenvalue weighted by Crippen LogP contribution is 2.19. The lowest BCUT2D eigenvalue weighted by Crippen LogP contribution is -2.14. The van der Waals surface area contributed by atoms with E-state index in [0.29, 0.717) is 10.7 Å². The van der Waals surface area contributed by atoms with Gasteiger partial charge in [-0.3, -0.25) is 4.79 Å². The first kappa shape index (κ1) is 15.3. The van der Waals surface area contributed by atoms with Gasteiger partial charge in [-0.2, -0.15) is 0 Å². The summed E-state index contributed by atoms with van der Waals surface area (Å²) >= 11 is 7.03. The topological polar surface area (TPSA) is 92.2 Å². The number of carboxylic acids is 1. The van der Waals surface area contributed by atoms with Crippen LogP contribution in [0.2, 0.25) is 5.15 Å². The second kappa shape index (κ2) is 7.05. The number of pyridine rings is 2. The number of amides is 1. The number of carbonyl (C=O) groups excluding carboxylic acids is 1. The molecule has 2 rings (SSSR count). The zero-order valence-electron chi connectivity index (χ0n) is 10.6. The Kier molecular flexibility index (Phi) is 5.13. The van der Waals surface area contributed by atoms with Gasteiger partial charge in [0.15, 0.2) is 5.15 Å². The van der Waals surface area contributed by atoms with E-state index in [1.807, 2.05) is 0 Å². The smallest absolute Gasteiger partial charge is 0.337 e. The minimum atomic E-state index is -1.04. The molecule has 0 aromatic carbocycles. The van der Waals surface area contributed by atoms with Gasteiger partial charge in [-0.1, -0.05) is 23.4 Å². The van der Waals surface area contributed by atoms with Gasteiger partial charge in [0, 0.05) is 12.4 Å². The van der Waals surface area contributed by atoms with Crippen LogP contribution in [0.5, 0.6) is 0 Å². The fraction of sp³-hybridized carbons (Fsp3) is 0.0769. The molecule has 0 saturated heterocycles. The van der Waals surface area contributed by atoms with Crippen LogP contribution >= 0.6 is 23.4 Å². The molecular weight excluding hydrogens is 314 g/mol. The number of anilines is 1. The Hall–Kier alpha value is -2.12. The molecule has 2 aromatic heterocycles. The molecule has 0 spiro atoms. The first-order chi connectivity index (χ1) is 10.1. The maximum absolute atomic E-state index is 11.8. The van der Waals surface area contributed by atoms with Crippen LogP contribution in [0.1, 0.15) is 10.4 Å². The minimum absolute atomic E-state index is 0.103. The molecule has 0 saturated carbocycles. The molecule has 1 amide bonds. The number of aromatic nitrogens is 2. The molecular formula is C13H10ClN3O3S. The molecule has 0 fully saturated rings. The van der Waals surface area contributed by atoms with Crippen molar-refractivity contribution < 1.29 is 14.7 Å². The maximum Gasteiger partial charge on any atom is 0.337 e. The number of nitrogens with zero attached hydrogens (tertiary/aromatic N) is 2. The van der Waals surface area contributed by atoms with E-state index in [-0.39, 0.29) is 22.4 Å². The minimum Gasteiger partial charge on any atom is -0.478 e. The van der Waals surface area contributed by atoms with Crippen LogP contribution in [0, 0.1) is 0 Å². The molecule has 108 valence electrons.